The molecule has 0 aliphatic rings. The van der Waals surface area contributed by atoms with Gasteiger partial charge in [0.1, 0.15) is 5.82 Å². The number of aliphatic hydroxyl groups excluding tert-OH is 1. The topological polar surface area (TPSA) is 20.2 Å². The Labute approximate surface area is 108 Å². The van der Waals surface area contributed by atoms with Crippen LogP contribution in [-0.2, 0) is 6.61 Å². The van der Waals surface area contributed by atoms with E-state index in [-0.39, 0.29) is 12.2 Å². The molecular formula is C13H9Cl2FO. The van der Waals surface area contributed by atoms with Crippen molar-refractivity contribution in [2.45, 2.75) is 6.61 Å². The molecule has 0 saturated heterocycles. The lowest BCUT2D eigenvalue weighted by Crippen LogP contribution is -1.90. The Morgan fingerprint density at radius 3 is 2.12 bits per heavy atom. The Hall–Kier alpha value is -1.09. The van der Waals surface area contributed by atoms with Gasteiger partial charge in [-0.2, -0.15) is 0 Å². The van der Waals surface area contributed by atoms with Gasteiger partial charge in [0.15, 0.2) is 0 Å². The first-order valence-electron chi connectivity index (χ1n) is 4.96. The molecule has 0 saturated carbocycles. The molecule has 0 heterocycles. The van der Waals surface area contributed by atoms with Gasteiger partial charge in [-0.25, -0.2) is 4.39 Å². The van der Waals surface area contributed by atoms with Crippen molar-refractivity contribution in [3.05, 3.63) is 57.8 Å². The van der Waals surface area contributed by atoms with E-state index in [1.807, 2.05) is 0 Å². The van der Waals surface area contributed by atoms with Crippen LogP contribution in [0.15, 0.2) is 36.4 Å². The van der Waals surface area contributed by atoms with Crippen LogP contribution in [0.3, 0.4) is 0 Å². The van der Waals surface area contributed by atoms with Gasteiger partial charge in [-0.3, -0.25) is 0 Å². The van der Waals surface area contributed by atoms with Crippen LogP contribution < -0.4 is 0 Å². The zero-order valence-corrected chi connectivity index (χ0v) is 10.3. The molecule has 2 aromatic rings. The molecule has 1 nitrogen and oxygen atoms in total. The van der Waals surface area contributed by atoms with E-state index in [1.54, 1.807) is 30.3 Å². The van der Waals surface area contributed by atoms with Crippen molar-refractivity contribution in [2.75, 3.05) is 0 Å². The van der Waals surface area contributed by atoms with Crippen molar-refractivity contribution in [3.8, 4) is 11.1 Å². The Morgan fingerprint density at radius 1 is 0.941 bits per heavy atom. The Balaban J connectivity index is 2.49. The highest BCUT2D eigenvalue weighted by Gasteiger charge is 2.06. The molecule has 0 aliphatic carbocycles. The lowest BCUT2D eigenvalue weighted by molar-refractivity contribution is 0.276. The summed E-state index contributed by atoms with van der Waals surface area (Å²) in [5, 5.41) is 9.88. The van der Waals surface area contributed by atoms with Gasteiger partial charge in [0, 0.05) is 15.6 Å². The summed E-state index contributed by atoms with van der Waals surface area (Å²) in [4.78, 5) is 0. The van der Waals surface area contributed by atoms with Crippen LogP contribution in [0, 0.1) is 5.82 Å². The third-order valence-corrected chi connectivity index (χ3v) is 2.86. The average molecular weight is 271 g/mol. The van der Waals surface area contributed by atoms with E-state index < -0.39 is 5.82 Å². The Morgan fingerprint density at radius 2 is 1.59 bits per heavy atom. The highest BCUT2D eigenvalue weighted by Crippen LogP contribution is 2.28. The summed E-state index contributed by atoms with van der Waals surface area (Å²) in [7, 11) is 0. The van der Waals surface area contributed by atoms with Crippen molar-refractivity contribution in [1.29, 1.82) is 0 Å². The lowest BCUT2D eigenvalue weighted by atomic mass is 10.0. The second kappa shape index (κ2) is 5.05. The van der Waals surface area contributed by atoms with Crippen molar-refractivity contribution in [3.63, 3.8) is 0 Å². The molecule has 0 fully saturated rings. The standard InChI is InChI=1S/C13H9Cl2FO/c14-11-3-10(4-12(15)6-11)8-1-2-9(7-17)13(16)5-8/h1-6,17H,7H2. The highest BCUT2D eigenvalue weighted by molar-refractivity contribution is 6.35. The molecule has 1 N–H and O–H groups in total. The summed E-state index contributed by atoms with van der Waals surface area (Å²) >= 11 is 11.8. The predicted molar refractivity (Wildman–Crippen MR) is 67.8 cm³/mol. The van der Waals surface area contributed by atoms with Crippen molar-refractivity contribution < 1.29 is 9.50 Å². The quantitative estimate of drug-likeness (QED) is 0.863. The van der Waals surface area contributed by atoms with E-state index in [4.69, 9.17) is 28.3 Å². The normalized spacial score (nSPS) is 10.6. The maximum atomic E-state index is 13.5. The van der Waals surface area contributed by atoms with Gasteiger partial charge in [-0.05, 0) is 35.4 Å². The first-order chi connectivity index (χ1) is 8.10. The minimum absolute atomic E-state index is 0.266. The molecular weight excluding hydrogens is 262 g/mol. The van der Waals surface area contributed by atoms with E-state index in [9.17, 15) is 4.39 Å². The summed E-state index contributed by atoms with van der Waals surface area (Å²) in [6, 6.07) is 9.65. The monoisotopic (exact) mass is 270 g/mol. The van der Waals surface area contributed by atoms with Crippen molar-refractivity contribution >= 4 is 23.2 Å². The van der Waals surface area contributed by atoms with E-state index in [0.717, 1.165) is 5.56 Å². The van der Waals surface area contributed by atoms with Crippen LogP contribution >= 0.6 is 23.2 Å². The molecule has 0 spiro atoms. The lowest BCUT2D eigenvalue weighted by Gasteiger charge is -2.06. The number of hydrogen-bond acceptors (Lipinski definition) is 1. The van der Waals surface area contributed by atoms with E-state index in [2.05, 4.69) is 0 Å². The SMILES string of the molecule is OCc1ccc(-c2cc(Cl)cc(Cl)c2)cc1F. The molecule has 0 bridgehead atoms. The van der Waals surface area contributed by atoms with E-state index >= 15 is 0 Å². The second-order valence-corrected chi connectivity index (χ2v) is 4.50. The number of halogens is 3. The third kappa shape index (κ3) is 2.78. The summed E-state index contributed by atoms with van der Waals surface area (Å²) in [5.74, 6) is -0.443. The van der Waals surface area contributed by atoms with Crippen LogP contribution in [0.25, 0.3) is 11.1 Å². The highest BCUT2D eigenvalue weighted by atomic mass is 35.5. The fraction of sp³-hybridized carbons (Fsp3) is 0.0769. The summed E-state index contributed by atoms with van der Waals surface area (Å²) in [6.45, 7) is -0.317. The average Bonchev–Trinajstić information content (AvgIpc) is 2.27. The zero-order valence-electron chi connectivity index (χ0n) is 8.75. The second-order valence-electron chi connectivity index (χ2n) is 3.62. The molecule has 4 heteroatoms. The van der Waals surface area contributed by atoms with Gasteiger partial charge in [0.05, 0.1) is 6.61 Å². The molecule has 0 radical (unpaired) electrons. The molecule has 0 unspecified atom stereocenters. The largest absolute Gasteiger partial charge is 0.392 e. The van der Waals surface area contributed by atoms with Crippen molar-refractivity contribution in [2.24, 2.45) is 0 Å². The van der Waals surface area contributed by atoms with Gasteiger partial charge in [0.25, 0.3) is 0 Å². The van der Waals surface area contributed by atoms with Gasteiger partial charge in [-0.1, -0.05) is 35.3 Å². The number of aliphatic hydroxyl groups is 1. The molecule has 2 rings (SSSR count). The fourth-order valence-corrected chi connectivity index (χ4v) is 2.10. The first kappa shape index (κ1) is 12.4. The van der Waals surface area contributed by atoms with Crippen LogP contribution in [0.4, 0.5) is 4.39 Å². The van der Waals surface area contributed by atoms with Crippen LogP contribution in [0.1, 0.15) is 5.56 Å². The van der Waals surface area contributed by atoms with Gasteiger partial charge in [0.2, 0.25) is 0 Å². The molecule has 0 aliphatic heterocycles. The van der Waals surface area contributed by atoms with Gasteiger partial charge >= 0.3 is 0 Å². The maximum Gasteiger partial charge on any atom is 0.129 e. The molecule has 0 atom stereocenters. The summed E-state index contributed by atoms with van der Waals surface area (Å²) in [6.07, 6.45) is 0. The van der Waals surface area contributed by atoms with Crippen LogP contribution in [-0.4, -0.2) is 5.11 Å². The summed E-state index contributed by atoms with van der Waals surface area (Å²) < 4.78 is 13.5. The molecule has 17 heavy (non-hydrogen) atoms. The fourth-order valence-electron chi connectivity index (χ4n) is 1.58. The maximum absolute atomic E-state index is 13.5. The number of benzene rings is 2. The smallest absolute Gasteiger partial charge is 0.129 e. The number of rotatable bonds is 2. The van der Waals surface area contributed by atoms with Crippen LogP contribution in [0.5, 0.6) is 0 Å². The van der Waals surface area contributed by atoms with Gasteiger partial charge in [-0.15, -0.1) is 0 Å². The van der Waals surface area contributed by atoms with Gasteiger partial charge < -0.3 is 5.11 Å². The molecule has 0 aromatic heterocycles. The first-order valence-corrected chi connectivity index (χ1v) is 5.71. The Kier molecular flexibility index (Phi) is 3.67. The minimum atomic E-state index is -0.443. The van der Waals surface area contributed by atoms with E-state index in [0.29, 0.717) is 15.6 Å². The molecule has 0 amide bonds. The summed E-state index contributed by atoms with van der Waals surface area (Å²) in [5.41, 5.74) is 1.68. The third-order valence-electron chi connectivity index (χ3n) is 2.42. The van der Waals surface area contributed by atoms with Crippen molar-refractivity contribution in [1.82, 2.24) is 0 Å². The predicted octanol–water partition coefficient (Wildman–Crippen LogP) is 4.29. The number of hydrogen-bond donors (Lipinski definition) is 1. The Bertz CT molecular complexity index is 535. The van der Waals surface area contributed by atoms with E-state index in [1.165, 1.54) is 6.07 Å². The molecule has 88 valence electrons. The molecule has 2 aromatic carbocycles. The van der Waals surface area contributed by atoms with Crippen LogP contribution in [0.2, 0.25) is 10.0 Å². The minimum Gasteiger partial charge on any atom is -0.392 e. The zero-order chi connectivity index (χ0) is 12.4.